The van der Waals surface area contributed by atoms with Crippen LogP contribution in [0.2, 0.25) is 0 Å². The lowest BCUT2D eigenvalue weighted by Crippen LogP contribution is -2.17. The minimum Gasteiger partial charge on any atom is -0.479 e. The van der Waals surface area contributed by atoms with E-state index >= 15 is 0 Å². The highest BCUT2D eigenvalue weighted by Gasteiger charge is 2.04. The van der Waals surface area contributed by atoms with Crippen LogP contribution in [0.3, 0.4) is 0 Å². The normalized spacial score (nSPS) is 9.42. The molecular formula is C7H12O5. The number of aliphatic carboxylic acids is 1. The molecule has 0 aliphatic carbocycles. The third kappa shape index (κ3) is 7.01. The fourth-order valence-electron chi connectivity index (χ4n) is 0.484. The van der Waals surface area contributed by atoms with Crippen molar-refractivity contribution in [3.63, 3.8) is 0 Å². The first-order valence-electron chi connectivity index (χ1n) is 3.62. The van der Waals surface area contributed by atoms with Gasteiger partial charge in [-0.15, -0.1) is 0 Å². The highest BCUT2D eigenvalue weighted by atomic mass is 16.6. The van der Waals surface area contributed by atoms with E-state index in [-0.39, 0.29) is 6.61 Å². The molecule has 0 saturated heterocycles. The molecule has 70 valence electrons. The van der Waals surface area contributed by atoms with Gasteiger partial charge in [0.25, 0.3) is 0 Å². The summed E-state index contributed by atoms with van der Waals surface area (Å²) in [6.07, 6.45) is 0.812. The molecule has 12 heavy (non-hydrogen) atoms. The molecule has 0 atom stereocenters. The van der Waals surface area contributed by atoms with Crippen molar-refractivity contribution in [2.75, 3.05) is 19.8 Å². The smallest absolute Gasteiger partial charge is 0.341 e. The molecule has 0 aromatic carbocycles. The molecule has 0 rings (SSSR count). The van der Waals surface area contributed by atoms with Gasteiger partial charge in [-0.3, -0.25) is 0 Å². The second-order valence-corrected chi connectivity index (χ2v) is 2.11. The second-order valence-electron chi connectivity index (χ2n) is 2.11. The molecule has 1 N–H and O–H groups in total. The summed E-state index contributed by atoms with van der Waals surface area (Å²) in [4.78, 5) is 20.5. The molecular weight excluding hydrogens is 164 g/mol. The molecule has 0 radical (unpaired) electrons. The van der Waals surface area contributed by atoms with E-state index in [0.717, 1.165) is 6.42 Å². The first kappa shape index (κ1) is 10.9. The van der Waals surface area contributed by atoms with Crippen molar-refractivity contribution < 1.29 is 24.2 Å². The molecule has 0 spiro atoms. The van der Waals surface area contributed by atoms with Gasteiger partial charge in [-0.05, 0) is 6.42 Å². The Morgan fingerprint density at radius 3 is 2.50 bits per heavy atom. The summed E-state index contributed by atoms with van der Waals surface area (Å²) >= 11 is 0. The fraction of sp³-hybridized carbons (Fsp3) is 0.714. The Bertz CT molecular complexity index is 154. The van der Waals surface area contributed by atoms with Crippen molar-refractivity contribution in [2.45, 2.75) is 13.3 Å². The van der Waals surface area contributed by atoms with E-state index in [1.165, 1.54) is 0 Å². The van der Waals surface area contributed by atoms with Crippen LogP contribution in [0, 0.1) is 0 Å². The Kier molecular flexibility index (Phi) is 6.00. The first-order valence-corrected chi connectivity index (χ1v) is 3.62. The zero-order chi connectivity index (χ0) is 9.40. The van der Waals surface area contributed by atoms with Gasteiger partial charge in [0.15, 0.2) is 6.61 Å². The lowest BCUT2D eigenvalue weighted by Gasteiger charge is -2.01. The topological polar surface area (TPSA) is 72.8 Å². The van der Waals surface area contributed by atoms with Crippen LogP contribution in [0.15, 0.2) is 0 Å². The third-order valence-electron chi connectivity index (χ3n) is 0.925. The van der Waals surface area contributed by atoms with Crippen LogP contribution in [0.4, 0.5) is 0 Å². The van der Waals surface area contributed by atoms with Crippen LogP contribution >= 0.6 is 0 Å². The lowest BCUT2D eigenvalue weighted by molar-refractivity contribution is -0.158. The van der Waals surface area contributed by atoms with Crippen molar-refractivity contribution in [3.05, 3.63) is 0 Å². The number of ether oxygens (including phenoxy) is 2. The van der Waals surface area contributed by atoms with Crippen molar-refractivity contribution in [1.29, 1.82) is 0 Å². The van der Waals surface area contributed by atoms with Crippen LogP contribution in [0.1, 0.15) is 13.3 Å². The Labute approximate surface area is 70.3 Å². The van der Waals surface area contributed by atoms with Crippen LogP contribution in [-0.2, 0) is 19.1 Å². The molecule has 0 unspecified atom stereocenters. The van der Waals surface area contributed by atoms with E-state index in [1.54, 1.807) is 0 Å². The van der Waals surface area contributed by atoms with Gasteiger partial charge in [0.05, 0.1) is 0 Å². The summed E-state index contributed by atoms with van der Waals surface area (Å²) < 4.78 is 9.10. The molecule has 0 aromatic rings. The van der Waals surface area contributed by atoms with Crippen LogP contribution < -0.4 is 0 Å². The number of carbonyl (C=O) groups excluding carboxylic acids is 1. The molecule has 0 fully saturated rings. The minimum atomic E-state index is -1.17. The van der Waals surface area contributed by atoms with E-state index in [9.17, 15) is 9.59 Å². The zero-order valence-electron chi connectivity index (χ0n) is 6.91. The summed E-state index contributed by atoms with van der Waals surface area (Å²) in [5, 5.41) is 8.12. The van der Waals surface area contributed by atoms with Crippen LogP contribution in [0.25, 0.3) is 0 Å². The average Bonchev–Trinajstić information content (AvgIpc) is 2.01. The van der Waals surface area contributed by atoms with Gasteiger partial charge in [0.2, 0.25) is 0 Å². The van der Waals surface area contributed by atoms with Crippen LogP contribution in [-0.4, -0.2) is 36.9 Å². The third-order valence-corrected chi connectivity index (χ3v) is 0.925. The Morgan fingerprint density at radius 2 is 2.00 bits per heavy atom. The first-order chi connectivity index (χ1) is 5.66. The molecule has 5 nitrogen and oxygen atoms in total. The van der Waals surface area contributed by atoms with Gasteiger partial charge in [-0.25, -0.2) is 9.59 Å². The van der Waals surface area contributed by atoms with Crippen LogP contribution in [0.5, 0.6) is 0 Å². The molecule has 0 heterocycles. The highest BCUT2D eigenvalue weighted by Crippen LogP contribution is 1.84. The van der Waals surface area contributed by atoms with E-state index in [1.807, 2.05) is 6.92 Å². The SMILES string of the molecule is CCCOCC(=O)OCC(=O)O. The van der Waals surface area contributed by atoms with Gasteiger partial charge in [-0.2, -0.15) is 0 Å². The number of carboxylic acid groups (broad SMARTS) is 1. The summed E-state index contributed by atoms with van der Waals surface area (Å²) in [7, 11) is 0. The molecule has 0 aromatic heterocycles. The van der Waals surface area contributed by atoms with E-state index < -0.39 is 18.5 Å². The van der Waals surface area contributed by atoms with E-state index in [0.29, 0.717) is 6.61 Å². The highest BCUT2D eigenvalue weighted by molar-refractivity contribution is 5.75. The van der Waals surface area contributed by atoms with Gasteiger partial charge < -0.3 is 14.6 Å². The number of hydrogen-bond acceptors (Lipinski definition) is 4. The molecule has 0 bridgehead atoms. The molecule has 0 aliphatic heterocycles. The summed E-state index contributed by atoms with van der Waals surface area (Å²) in [5.41, 5.74) is 0. The quantitative estimate of drug-likeness (QED) is 0.457. The molecule has 0 saturated carbocycles. The van der Waals surface area contributed by atoms with Crippen molar-refractivity contribution >= 4 is 11.9 Å². The predicted octanol–water partition coefficient (Wildman–Crippen LogP) is 0.0408. The lowest BCUT2D eigenvalue weighted by atomic mass is 10.5. The summed E-state index contributed by atoms with van der Waals surface area (Å²) in [6, 6.07) is 0. The predicted molar refractivity (Wildman–Crippen MR) is 39.7 cm³/mol. The van der Waals surface area contributed by atoms with Crippen molar-refractivity contribution in [3.8, 4) is 0 Å². The number of hydrogen-bond donors (Lipinski definition) is 1. The summed E-state index contributed by atoms with van der Waals surface area (Å²) in [6.45, 7) is 1.60. The zero-order valence-corrected chi connectivity index (χ0v) is 6.91. The standard InChI is InChI=1S/C7H12O5/c1-2-3-11-5-7(10)12-4-6(8)9/h2-5H2,1H3,(H,8,9). The molecule has 5 heteroatoms. The van der Waals surface area contributed by atoms with Gasteiger partial charge in [0, 0.05) is 6.61 Å². The minimum absolute atomic E-state index is 0.179. The molecule has 0 amide bonds. The fourth-order valence-corrected chi connectivity index (χ4v) is 0.484. The second kappa shape index (κ2) is 6.60. The maximum Gasteiger partial charge on any atom is 0.341 e. The monoisotopic (exact) mass is 176 g/mol. The maximum absolute atomic E-state index is 10.6. The van der Waals surface area contributed by atoms with Crippen molar-refractivity contribution in [2.24, 2.45) is 0 Å². The number of carbonyl (C=O) groups is 2. The largest absolute Gasteiger partial charge is 0.479 e. The molecule has 0 aliphatic rings. The Balaban J connectivity index is 3.28. The Morgan fingerprint density at radius 1 is 1.33 bits per heavy atom. The van der Waals surface area contributed by atoms with Gasteiger partial charge >= 0.3 is 11.9 Å². The number of esters is 1. The van der Waals surface area contributed by atoms with Gasteiger partial charge in [0.1, 0.15) is 6.61 Å². The van der Waals surface area contributed by atoms with E-state index in [4.69, 9.17) is 9.84 Å². The average molecular weight is 176 g/mol. The number of carboxylic acids is 1. The van der Waals surface area contributed by atoms with E-state index in [2.05, 4.69) is 4.74 Å². The summed E-state index contributed by atoms with van der Waals surface area (Å²) in [5.74, 6) is -1.82. The van der Waals surface area contributed by atoms with Gasteiger partial charge in [-0.1, -0.05) is 6.92 Å². The Hall–Kier alpha value is -1.10. The maximum atomic E-state index is 10.6. The van der Waals surface area contributed by atoms with Crippen molar-refractivity contribution in [1.82, 2.24) is 0 Å². The number of rotatable bonds is 6.